The quantitative estimate of drug-likeness (QED) is 0.698. The van der Waals surface area contributed by atoms with Gasteiger partial charge in [-0.25, -0.2) is 0 Å². The number of nitrogens with zero attached hydrogens (tertiary/aromatic N) is 4. The van der Waals surface area contributed by atoms with Crippen molar-refractivity contribution < 1.29 is 9.84 Å². The first kappa shape index (κ1) is 12.5. The molecule has 0 spiro atoms. The minimum atomic E-state index is 0.116. The van der Waals surface area contributed by atoms with Crippen molar-refractivity contribution in [2.45, 2.75) is 12.3 Å². The van der Waals surface area contributed by atoms with Gasteiger partial charge in [-0.3, -0.25) is 0 Å². The fourth-order valence-electron chi connectivity index (χ4n) is 2.46. The highest BCUT2D eigenvalue weighted by atomic mass is 32.1. The Morgan fingerprint density at radius 2 is 2.29 bits per heavy atom. The van der Waals surface area contributed by atoms with Crippen LogP contribution in [0.4, 0.5) is 5.69 Å². The lowest BCUT2D eigenvalue weighted by molar-refractivity contribution is 0.193. The fourth-order valence-corrected chi connectivity index (χ4v) is 3.34. The van der Waals surface area contributed by atoms with Crippen LogP contribution in [0.3, 0.4) is 0 Å². The monoisotopic (exact) mass is 303 g/mol. The highest BCUT2D eigenvalue weighted by Gasteiger charge is 2.25. The molecule has 0 radical (unpaired) electrons. The summed E-state index contributed by atoms with van der Waals surface area (Å²) in [5.74, 6) is 1.17. The lowest BCUT2D eigenvalue weighted by Crippen LogP contribution is -2.04. The molecule has 1 fully saturated rings. The van der Waals surface area contributed by atoms with Gasteiger partial charge in [0.25, 0.3) is 0 Å². The van der Waals surface area contributed by atoms with Gasteiger partial charge in [0.2, 0.25) is 4.96 Å². The first-order valence-electron chi connectivity index (χ1n) is 6.61. The van der Waals surface area contributed by atoms with Crippen LogP contribution in [0.25, 0.3) is 15.5 Å². The second-order valence-corrected chi connectivity index (χ2v) is 5.95. The molecule has 0 bridgehead atoms. The minimum Gasteiger partial charge on any atom is -0.507 e. The summed E-state index contributed by atoms with van der Waals surface area (Å²) in [6.07, 6.45) is 0.931. The summed E-state index contributed by atoms with van der Waals surface area (Å²) in [6, 6.07) is 5.02. The van der Waals surface area contributed by atoms with E-state index >= 15 is 0 Å². The Morgan fingerprint density at radius 3 is 3.05 bits per heavy atom. The lowest BCUT2D eigenvalue weighted by Gasteiger charge is -2.03. The predicted molar refractivity (Wildman–Crippen MR) is 78.3 cm³/mol. The van der Waals surface area contributed by atoms with Crippen LogP contribution in [-0.4, -0.2) is 38.1 Å². The zero-order chi connectivity index (χ0) is 14.4. The van der Waals surface area contributed by atoms with Crippen LogP contribution in [0.15, 0.2) is 18.2 Å². The van der Waals surface area contributed by atoms with Gasteiger partial charge in [0.1, 0.15) is 5.75 Å². The average Bonchev–Trinajstić information content (AvgIpc) is 3.13. The number of benzene rings is 1. The van der Waals surface area contributed by atoms with Gasteiger partial charge >= 0.3 is 0 Å². The summed E-state index contributed by atoms with van der Waals surface area (Å²) in [4.78, 5) is 0.711. The number of rotatable bonds is 2. The normalized spacial score (nSPS) is 18.6. The number of nitrogens with two attached hydrogens (primary N) is 1. The third-order valence-electron chi connectivity index (χ3n) is 3.56. The highest BCUT2D eigenvalue weighted by molar-refractivity contribution is 7.19. The van der Waals surface area contributed by atoms with E-state index in [0.717, 1.165) is 18.9 Å². The van der Waals surface area contributed by atoms with Crippen LogP contribution in [0, 0.1) is 0 Å². The fraction of sp³-hybridized carbons (Fsp3) is 0.308. The van der Waals surface area contributed by atoms with Gasteiger partial charge in [-0.1, -0.05) is 11.3 Å². The predicted octanol–water partition coefficient (Wildman–Crippen LogP) is 1.64. The van der Waals surface area contributed by atoms with E-state index in [1.807, 2.05) is 0 Å². The summed E-state index contributed by atoms with van der Waals surface area (Å²) >= 11 is 1.39. The Kier molecular flexibility index (Phi) is 2.79. The van der Waals surface area contributed by atoms with Crippen molar-refractivity contribution in [2.24, 2.45) is 0 Å². The number of hydrogen-bond donors (Lipinski definition) is 2. The van der Waals surface area contributed by atoms with Crippen LogP contribution in [0.5, 0.6) is 5.75 Å². The van der Waals surface area contributed by atoms with E-state index in [0.29, 0.717) is 27.8 Å². The molecule has 3 N–H and O–H groups in total. The second kappa shape index (κ2) is 4.68. The topological polar surface area (TPSA) is 98.6 Å². The molecule has 0 aliphatic carbocycles. The second-order valence-electron chi connectivity index (χ2n) is 5.00. The van der Waals surface area contributed by atoms with Crippen LogP contribution in [-0.2, 0) is 4.74 Å². The van der Waals surface area contributed by atoms with Crippen molar-refractivity contribution in [3.63, 3.8) is 0 Å². The molecule has 21 heavy (non-hydrogen) atoms. The van der Waals surface area contributed by atoms with Gasteiger partial charge in [0.15, 0.2) is 10.8 Å². The number of fused-ring (bicyclic) bond motifs is 1. The molecule has 1 aliphatic heterocycles. The molecular formula is C13H13N5O2S. The van der Waals surface area contributed by atoms with Crippen molar-refractivity contribution in [3.8, 4) is 16.3 Å². The zero-order valence-corrected chi connectivity index (χ0v) is 11.9. The Morgan fingerprint density at radius 1 is 1.38 bits per heavy atom. The van der Waals surface area contributed by atoms with Crippen molar-refractivity contribution in [1.82, 2.24) is 19.8 Å². The molecule has 0 amide bonds. The standard InChI is InChI=1S/C13H13N5O2S/c14-8-1-2-9(10(19)5-8)12-17-18-11(7-3-4-20-6-7)15-16-13(18)21-12/h1-2,5,7,19H,3-4,6,14H2. The molecule has 108 valence electrons. The average molecular weight is 303 g/mol. The molecule has 0 saturated carbocycles. The summed E-state index contributed by atoms with van der Waals surface area (Å²) in [5.41, 5.74) is 6.81. The zero-order valence-electron chi connectivity index (χ0n) is 11.1. The van der Waals surface area contributed by atoms with E-state index in [2.05, 4.69) is 15.3 Å². The van der Waals surface area contributed by atoms with E-state index in [4.69, 9.17) is 10.5 Å². The molecule has 3 aromatic rings. The molecule has 1 atom stereocenters. The summed E-state index contributed by atoms with van der Waals surface area (Å²) in [6.45, 7) is 1.40. The van der Waals surface area contributed by atoms with Gasteiger partial charge in [-0.15, -0.1) is 10.2 Å². The largest absolute Gasteiger partial charge is 0.507 e. The van der Waals surface area contributed by atoms with E-state index < -0.39 is 0 Å². The van der Waals surface area contributed by atoms with Gasteiger partial charge in [-0.2, -0.15) is 9.61 Å². The SMILES string of the molecule is Nc1ccc(-c2nn3c(C4CCOC4)nnc3s2)c(O)c1. The lowest BCUT2D eigenvalue weighted by atomic mass is 10.1. The van der Waals surface area contributed by atoms with Crippen molar-refractivity contribution in [3.05, 3.63) is 24.0 Å². The number of aromatic nitrogens is 4. The maximum atomic E-state index is 10.0. The first-order valence-corrected chi connectivity index (χ1v) is 7.43. The summed E-state index contributed by atoms with van der Waals surface area (Å²) in [5, 5.41) is 23.6. The van der Waals surface area contributed by atoms with Gasteiger partial charge < -0.3 is 15.6 Å². The van der Waals surface area contributed by atoms with E-state index in [1.54, 1.807) is 16.6 Å². The molecule has 7 nitrogen and oxygen atoms in total. The number of nitrogen functional groups attached to an aromatic ring is 1. The van der Waals surface area contributed by atoms with E-state index in [1.165, 1.54) is 17.4 Å². The molecule has 2 aromatic heterocycles. The Hall–Kier alpha value is -2.19. The van der Waals surface area contributed by atoms with Crippen LogP contribution in [0.1, 0.15) is 18.2 Å². The van der Waals surface area contributed by atoms with Crippen molar-refractivity contribution in [1.29, 1.82) is 0 Å². The number of hydrogen-bond acceptors (Lipinski definition) is 7. The van der Waals surface area contributed by atoms with E-state index in [9.17, 15) is 5.11 Å². The summed E-state index contributed by atoms with van der Waals surface area (Å²) < 4.78 is 7.14. The van der Waals surface area contributed by atoms with Gasteiger partial charge in [0, 0.05) is 24.3 Å². The van der Waals surface area contributed by atoms with Crippen LogP contribution >= 0.6 is 11.3 Å². The molecule has 4 rings (SSSR count). The third-order valence-corrected chi connectivity index (χ3v) is 4.49. The molecule has 3 heterocycles. The highest BCUT2D eigenvalue weighted by Crippen LogP contribution is 2.34. The number of ether oxygens (including phenoxy) is 1. The van der Waals surface area contributed by atoms with Crippen LogP contribution in [0.2, 0.25) is 0 Å². The van der Waals surface area contributed by atoms with Crippen molar-refractivity contribution >= 4 is 22.0 Å². The van der Waals surface area contributed by atoms with E-state index in [-0.39, 0.29) is 11.7 Å². The molecule has 1 aliphatic rings. The third kappa shape index (κ3) is 2.03. The minimum absolute atomic E-state index is 0.116. The van der Waals surface area contributed by atoms with Crippen molar-refractivity contribution in [2.75, 3.05) is 18.9 Å². The molecular weight excluding hydrogens is 290 g/mol. The number of anilines is 1. The smallest absolute Gasteiger partial charge is 0.234 e. The number of phenols is 1. The Balaban J connectivity index is 1.80. The molecule has 1 aromatic carbocycles. The molecule has 8 heteroatoms. The van der Waals surface area contributed by atoms with Crippen LogP contribution < -0.4 is 5.73 Å². The Labute approximate surface area is 124 Å². The molecule has 1 unspecified atom stereocenters. The van der Waals surface area contributed by atoms with Gasteiger partial charge in [-0.05, 0) is 18.6 Å². The first-order chi connectivity index (χ1) is 10.2. The molecule has 1 saturated heterocycles. The Bertz CT molecular complexity index is 806. The summed E-state index contributed by atoms with van der Waals surface area (Å²) in [7, 11) is 0. The maximum Gasteiger partial charge on any atom is 0.234 e. The maximum absolute atomic E-state index is 10.0. The number of aromatic hydroxyl groups is 1. The van der Waals surface area contributed by atoms with Gasteiger partial charge in [0.05, 0.1) is 12.2 Å². The number of phenolic OH excluding ortho intramolecular Hbond substituents is 1.